The van der Waals surface area contributed by atoms with Crippen LogP contribution in [-0.4, -0.2) is 32.8 Å². The molecule has 1 fully saturated rings. The summed E-state index contributed by atoms with van der Waals surface area (Å²) < 4.78 is 5.36. The van der Waals surface area contributed by atoms with Gasteiger partial charge >= 0.3 is 0 Å². The molecular formula is C13H17ClN2O. The lowest BCUT2D eigenvalue weighted by atomic mass is 10.1. The van der Waals surface area contributed by atoms with Crippen LogP contribution in [0.15, 0.2) is 24.3 Å². The van der Waals surface area contributed by atoms with Crippen LogP contribution in [0.3, 0.4) is 0 Å². The minimum Gasteiger partial charge on any atom is -0.378 e. The average Bonchev–Trinajstić information content (AvgIpc) is 2.37. The number of ether oxygens (including phenoxy) is 1. The molecule has 2 rings (SSSR count). The van der Waals surface area contributed by atoms with E-state index in [2.05, 4.69) is 11.0 Å². The van der Waals surface area contributed by atoms with Gasteiger partial charge in [-0.15, -0.1) is 0 Å². The third-order valence-electron chi connectivity index (χ3n) is 2.77. The number of morpholine rings is 1. The van der Waals surface area contributed by atoms with Crippen molar-refractivity contribution in [2.24, 2.45) is 5.73 Å². The molecule has 1 aliphatic rings. The minimum atomic E-state index is 0.537. The lowest BCUT2D eigenvalue weighted by Gasteiger charge is -2.30. The number of hydrogen-bond acceptors (Lipinski definition) is 3. The van der Waals surface area contributed by atoms with Crippen molar-refractivity contribution in [3.8, 4) is 0 Å². The SMILES string of the molecule is NC/C=C/c1cc(Cl)ccc1N1CCOCC1. The van der Waals surface area contributed by atoms with E-state index in [0.29, 0.717) is 6.54 Å². The highest BCUT2D eigenvalue weighted by Crippen LogP contribution is 2.26. The normalized spacial score (nSPS) is 16.7. The number of nitrogens with two attached hydrogens (primary N) is 1. The van der Waals surface area contributed by atoms with E-state index in [9.17, 15) is 0 Å². The summed E-state index contributed by atoms with van der Waals surface area (Å²) in [5.41, 5.74) is 7.80. The van der Waals surface area contributed by atoms with E-state index in [-0.39, 0.29) is 0 Å². The average molecular weight is 253 g/mol. The first-order valence-electron chi connectivity index (χ1n) is 5.80. The predicted octanol–water partition coefficient (Wildman–Crippen LogP) is 2.15. The van der Waals surface area contributed by atoms with Gasteiger partial charge in [-0.05, 0) is 23.8 Å². The molecule has 1 aromatic carbocycles. The molecule has 0 aromatic heterocycles. The van der Waals surface area contributed by atoms with E-state index < -0.39 is 0 Å². The number of rotatable bonds is 3. The summed E-state index contributed by atoms with van der Waals surface area (Å²) in [5.74, 6) is 0. The molecule has 0 bridgehead atoms. The number of anilines is 1. The lowest BCUT2D eigenvalue weighted by molar-refractivity contribution is 0.122. The van der Waals surface area contributed by atoms with E-state index in [1.165, 1.54) is 5.69 Å². The molecule has 4 heteroatoms. The van der Waals surface area contributed by atoms with Crippen LogP contribution in [0.2, 0.25) is 5.02 Å². The largest absolute Gasteiger partial charge is 0.378 e. The van der Waals surface area contributed by atoms with Crippen molar-refractivity contribution >= 4 is 23.4 Å². The Morgan fingerprint density at radius 1 is 1.35 bits per heavy atom. The van der Waals surface area contributed by atoms with Gasteiger partial charge in [0, 0.05) is 30.3 Å². The molecule has 0 radical (unpaired) electrons. The van der Waals surface area contributed by atoms with Crippen molar-refractivity contribution in [3.05, 3.63) is 34.9 Å². The van der Waals surface area contributed by atoms with Gasteiger partial charge in [-0.25, -0.2) is 0 Å². The summed E-state index contributed by atoms with van der Waals surface area (Å²) in [6.07, 6.45) is 3.96. The van der Waals surface area contributed by atoms with Crippen molar-refractivity contribution in [1.29, 1.82) is 0 Å². The number of nitrogens with zero attached hydrogens (tertiary/aromatic N) is 1. The zero-order valence-corrected chi connectivity index (χ0v) is 10.5. The highest BCUT2D eigenvalue weighted by atomic mass is 35.5. The van der Waals surface area contributed by atoms with Crippen molar-refractivity contribution in [2.45, 2.75) is 0 Å². The van der Waals surface area contributed by atoms with Gasteiger partial charge in [0.05, 0.1) is 13.2 Å². The first-order valence-corrected chi connectivity index (χ1v) is 6.18. The van der Waals surface area contributed by atoms with Crippen LogP contribution in [0.1, 0.15) is 5.56 Å². The first kappa shape index (κ1) is 12.4. The maximum Gasteiger partial charge on any atom is 0.0642 e. The van der Waals surface area contributed by atoms with Gasteiger partial charge in [0.15, 0.2) is 0 Å². The molecule has 1 heterocycles. The second kappa shape index (κ2) is 6.05. The lowest BCUT2D eigenvalue weighted by Crippen LogP contribution is -2.36. The molecule has 0 aliphatic carbocycles. The third kappa shape index (κ3) is 3.22. The fourth-order valence-corrected chi connectivity index (χ4v) is 2.13. The Bertz CT molecular complexity index is 400. The van der Waals surface area contributed by atoms with Gasteiger partial charge in [-0.3, -0.25) is 0 Å². The molecule has 2 N–H and O–H groups in total. The maximum atomic E-state index is 6.03. The fraction of sp³-hybridized carbons (Fsp3) is 0.385. The summed E-state index contributed by atoms with van der Waals surface area (Å²) in [6.45, 7) is 3.94. The van der Waals surface area contributed by atoms with Crippen molar-refractivity contribution < 1.29 is 4.74 Å². The molecule has 92 valence electrons. The standard InChI is InChI=1S/C13H17ClN2O/c14-12-3-4-13(11(10-12)2-1-5-15)16-6-8-17-9-7-16/h1-4,10H,5-9,15H2/b2-1+. The Morgan fingerprint density at radius 3 is 2.82 bits per heavy atom. The fourth-order valence-electron chi connectivity index (χ4n) is 1.95. The Kier molecular flexibility index (Phi) is 4.42. The molecule has 0 spiro atoms. The Balaban J connectivity index is 2.27. The highest BCUT2D eigenvalue weighted by Gasteiger charge is 2.13. The van der Waals surface area contributed by atoms with Crippen LogP contribution < -0.4 is 10.6 Å². The summed E-state index contributed by atoms with van der Waals surface area (Å²) in [5, 5.41) is 0.749. The summed E-state index contributed by atoms with van der Waals surface area (Å²) >= 11 is 6.03. The van der Waals surface area contributed by atoms with Gasteiger partial charge in [0.25, 0.3) is 0 Å². The number of halogens is 1. The Morgan fingerprint density at radius 2 is 2.12 bits per heavy atom. The van der Waals surface area contributed by atoms with E-state index in [1.807, 2.05) is 24.3 Å². The van der Waals surface area contributed by atoms with Crippen LogP contribution in [0, 0.1) is 0 Å². The molecule has 0 saturated carbocycles. The molecule has 0 atom stereocenters. The maximum absolute atomic E-state index is 6.03. The molecule has 17 heavy (non-hydrogen) atoms. The summed E-state index contributed by atoms with van der Waals surface area (Å²) in [6, 6.07) is 5.95. The highest BCUT2D eigenvalue weighted by molar-refractivity contribution is 6.30. The monoisotopic (exact) mass is 252 g/mol. The predicted molar refractivity (Wildman–Crippen MR) is 72.6 cm³/mol. The molecule has 0 unspecified atom stereocenters. The summed E-state index contributed by atoms with van der Waals surface area (Å²) in [7, 11) is 0. The van der Waals surface area contributed by atoms with Crippen LogP contribution >= 0.6 is 11.6 Å². The third-order valence-corrected chi connectivity index (χ3v) is 3.01. The second-order valence-corrected chi connectivity index (χ2v) is 4.38. The first-order chi connectivity index (χ1) is 8.31. The van der Waals surface area contributed by atoms with Crippen LogP contribution in [0.4, 0.5) is 5.69 Å². The van der Waals surface area contributed by atoms with Crippen LogP contribution in [0.25, 0.3) is 6.08 Å². The Labute approximate surface area is 107 Å². The topological polar surface area (TPSA) is 38.5 Å². The van der Waals surface area contributed by atoms with Gasteiger partial charge in [0.1, 0.15) is 0 Å². The van der Waals surface area contributed by atoms with Crippen molar-refractivity contribution in [3.63, 3.8) is 0 Å². The van der Waals surface area contributed by atoms with Crippen LogP contribution in [-0.2, 0) is 4.74 Å². The van der Waals surface area contributed by atoms with Gasteiger partial charge in [-0.2, -0.15) is 0 Å². The minimum absolute atomic E-state index is 0.537. The van der Waals surface area contributed by atoms with E-state index in [1.54, 1.807) is 0 Å². The zero-order valence-electron chi connectivity index (χ0n) is 9.73. The van der Waals surface area contributed by atoms with Crippen LogP contribution in [0.5, 0.6) is 0 Å². The quantitative estimate of drug-likeness (QED) is 0.896. The molecule has 1 saturated heterocycles. The summed E-state index contributed by atoms with van der Waals surface area (Å²) in [4.78, 5) is 2.32. The van der Waals surface area contributed by atoms with E-state index >= 15 is 0 Å². The van der Waals surface area contributed by atoms with Gasteiger partial charge in [-0.1, -0.05) is 23.8 Å². The van der Waals surface area contributed by atoms with Gasteiger partial charge in [0.2, 0.25) is 0 Å². The number of benzene rings is 1. The molecule has 0 amide bonds. The molecule has 3 nitrogen and oxygen atoms in total. The Hall–Kier alpha value is -1.03. The zero-order chi connectivity index (χ0) is 12.1. The smallest absolute Gasteiger partial charge is 0.0642 e. The van der Waals surface area contributed by atoms with E-state index in [0.717, 1.165) is 36.9 Å². The molecule has 1 aliphatic heterocycles. The molecule has 1 aromatic rings. The van der Waals surface area contributed by atoms with Gasteiger partial charge < -0.3 is 15.4 Å². The van der Waals surface area contributed by atoms with Crippen molar-refractivity contribution in [2.75, 3.05) is 37.7 Å². The van der Waals surface area contributed by atoms with Crippen molar-refractivity contribution in [1.82, 2.24) is 0 Å². The number of hydrogen-bond donors (Lipinski definition) is 1. The second-order valence-electron chi connectivity index (χ2n) is 3.94. The van der Waals surface area contributed by atoms with E-state index in [4.69, 9.17) is 22.1 Å². The molecular weight excluding hydrogens is 236 g/mol.